The maximum atomic E-state index is 12.6. The molecule has 1 amide bonds. The summed E-state index contributed by atoms with van der Waals surface area (Å²) in [6.45, 7) is 2.18. The second-order valence-corrected chi connectivity index (χ2v) is 5.99. The Bertz CT molecular complexity index is 840. The van der Waals surface area contributed by atoms with Gasteiger partial charge in [-0.2, -0.15) is 4.98 Å². The third-order valence-corrected chi connectivity index (χ3v) is 3.74. The van der Waals surface area contributed by atoms with Crippen LogP contribution in [0.5, 0.6) is 0 Å². The van der Waals surface area contributed by atoms with Crippen molar-refractivity contribution < 1.29 is 13.7 Å². The third kappa shape index (κ3) is 3.95. The van der Waals surface area contributed by atoms with Crippen molar-refractivity contribution in [3.63, 3.8) is 0 Å². The Morgan fingerprint density at radius 1 is 1.28 bits per heavy atom. The first kappa shape index (κ1) is 16.9. The minimum absolute atomic E-state index is 0.125. The minimum Gasteiger partial charge on any atom is -0.459 e. The average molecular weight is 340 g/mol. The van der Waals surface area contributed by atoms with Crippen molar-refractivity contribution in [2.45, 2.75) is 19.5 Å². The molecule has 0 aliphatic heterocycles. The van der Waals surface area contributed by atoms with Crippen molar-refractivity contribution in [2.75, 3.05) is 14.1 Å². The molecule has 2 heterocycles. The molecular formula is C18H20N4O3. The number of furan rings is 1. The van der Waals surface area contributed by atoms with Crippen LogP contribution >= 0.6 is 0 Å². The van der Waals surface area contributed by atoms with Gasteiger partial charge in [0.2, 0.25) is 5.91 Å². The van der Waals surface area contributed by atoms with E-state index in [0.29, 0.717) is 11.6 Å². The van der Waals surface area contributed by atoms with Crippen molar-refractivity contribution >= 4 is 5.91 Å². The molecule has 0 aliphatic rings. The second-order valence-electron chi connectivity index (χ2n) is 5.99. The van der Waals surface area contributed by atoms with E-state index in [9.17, 15) is 4.79 Å². The number of likely N-dealkylation sites (N-methyl/N-ethyl adjacent to an activating group) is 1. The molecule has 7 heteroatoms. The van der Waals surface area contributed by atoms with E-state index in [4.69, 9.17) is 8.94 Å². The molecular weight excluding hydrogens is 320 g/mol. The van der Waals surface area contributed by atoms with Crippen molar-refractivity contribution in [2.24, 2.45) is 0 Å². The Hall–Kier alpha value is -2.93. The second kappa shape index (κ2) is 7.31. The Morgan fingerprint density at radius 3 is 2.80 bits per heavy atom. The molecule has 0 spiro atoms. The van der Waals surface area contributed by atoms with Gasteiger partial charge in [0.25, 0.3) is 5.89 Å². The molecule has 0 radical (unpaired) electrons. The van der Waals surface area contributed by atoms with Crippen molar-refractivity contribution in [3.05, 3.63) is 59.6 Å². The van der Waals surface area contributed by atoms with Crippen LogP contribution in [-0.4, -0.2) is 35.0 Å². The van der Waals surface area contributed by atoms with Crippen LogP contribution < -0.4 is 5.32 Å². The summed E-state index contributed by atoms with van der Waals surface area (Å²) < 4.78 is 10.3. The van der Waals surface area contributed by atoms with E-state index in [1.807, 2.05) is 50.2 Å². The number of nitrogens with zero attached hydrogens (tertiary/aromatic N) is 3. The van der Waals surface area contributed by atoms with Crippen LogP contribution in [0.4, 0.5) is 0 Å². The molecule has 130 valence electrons. The van der Waals surface area contributed by atoms with Gasteiger partial charge < -0.3 is 14.3 Å². The van der Waals surface area contributed by atoms with Gasteiger partial charge in [-0.1, -0.05) is 35.0 Å². The van der Waals surface area contributed by atoms with Crippen LogP contribution in [0.3, 0.4) is 0 Å². The van der Waals surface area contributed by atoms with Crippen LogP contribution in [0, 0.1) is 6.92 Å². The number of carbonyl (C=O) groups is 1. The Morgan fingerprint density at radius 2 is 2.12 bits per heavy atom. The van der Waals surface area contributed by atoms with E-state index in [2.05, 4.69) is 15.5 Å². The molecule has 1 aromatic carbocycles. The number of rotatable bonds is 6. The SMILES string of the molecule is Cc1cccc([C@@H](C(=O)NCc2noc(-c3ccco3)n2)N(C)C)c1. The van der Waals surface area contributed by atoms with Gasteiger partial charge in [-0.3, -0.25) is 9.69 Å². The number of hydrogen-bond donors (Lipinski definition) is 1. The number of nitrogens with one attached hydrogen (secondary N) is 1. The van der Waals surface area contributed by atoms with E-state index < -0.39 is 6.04 Å². The summed E-state index contributed by atoms with van der Waals surface area (Å²) >= 11 is 0. The van der Waals surface area contributed by atoms with Crippen molar-refractivity contribution in [1.82, 2.24) is 20.4 Å². The van der Waals surface area contributed by atoms with E-state index in [-0.39, 0.29) is 18.3 Å². The molecule has 3 rings (SSSR count). The first-order valence-corrected chi connectivity index (χ1v) is 7.92. The van der Waals surface area contributed by atoms with Gasteiger partial charge in [-0.25, -0.2) is 0 Å². The van der Waals surface area contributed by atoms with E-state index >= 15 is 0 Å². The van der Waals surface area contributed by atoms with Crippen LogP contribution in [0.25, 0.3) is 11.7 Å². The highest BCUT2D eigenvalue weighted by atomic mass is 16.5. The highest BCUT2D eigenvalue weighted by Gasteiger charge is 2.23. The molecule has 0 bridgehead atoms. The van der Waals surface area contributed by atoms with Crippen LogP contribution in [0.2, 0.25) is 0 Å². The fourth-order valence-corrected chi connectivity index (χ4v) is 2.61. The molecule has 2 aromatic heterocycles. The summed E-state index contributed by atoms with van der Waals surface area (Å²) in [5.74, 6) is 1.05. The lowest BCUT2D eigenvalue weighted by molar-refractivity contribution is -0.126. The number of benzene rings is 1. The van der Waals surface area contributed by atoms with Gasteiger partial charge in [0, 0.05) is 0 Å². The van der Waals surface area contributed by atoms with Gasteiger partial charge >= 0.3 is 0 Å². The molecule has 7 nitrogen and oxygen atoms in total. The highest BCUT2D eigenvalue weighted by molar-refractivity contribution is 5.83. The zero-order chi connectivity index (χ0) is 17.8. The zero-order valence-electron chi connectivity index (χ0n) is 14.4. The standard InChI is InChI=1S/C18H20N4O3/c1-12-6-4-7-13(10-12)16(22(2)3)17(23)19-11-15-20-18(25-21-15)14-8-5-9-24-14/h4-10,16H,11H2,1-3H3,(H,19,23)/t16-/m0/s1. The number of hydrogen-bond acceptors (Lipinski definition) is 6. The summed E-state index contributed by atoms with van der Waals surface area (Å²) in [6, 6.07) is 11.0. The van der Waals surface area contributed by atoms with Crippen LogP contribution in [-0.2, 0) is 11.3 Å². The Labute approximate surface area is 145 Å². The highest BCUT2D eigenvalue weighted by Crippen LogP contribution is 2.20. The number of amides is 1. The van der Waals surface area contributed by atoms with Gasteiger partial charge in [0.05, 0.1) is 12.8 Å². The summed E-state index contributed by atoms with van der Waals surface area (Å²) in [4.78, 5) is 18.7. The largest absolute Gasteiger partial charge is 0.459 e. The van der Waals surface area contributed by atoms with Crippen LogP contribution in [0.1, 0.15) is 23.0 Å². The molecule has 0 saturated carbocycles. The quantitative estimate of drug-likeness (QED) is 0.742. The predicted molar refractivity (Wildman–Crippen MR) is 91.5 cm³/mol. The molecule has 0 saturated heterocycles. The molecule has 0 unspecified atom stereocenters. The first-order chi connectivity index (χ1) is 12.0. The summed E-state index contributed by atoms with van der Waals surface area (Å²) in [5, 5.41) is 6.72. The minimum atomic E-state index is -0.392. The third-order valence-electron chi connectivity index (χ3n) is 3.74. The lowest BCUT2D eigenvalue weighted by Crippen LogP contribution is -2.36. The predicted octanol–water partition coefficient (Wildman–Crippen LogP) is 2.56. The molecule has 25 heavy (non-hydrogen) atoms. The zero-order valence-corrected chi connectivity index (χ0v) is 14.4. The molecule has 0 fully saturated rings. The maximum absolute atomic E-state index is 12.6. The smallest absolute Gasteiger partial charge is 0.293 e. The first-order valence-electron chi connectivity index (χ1n) is 7.92. The van der Waals surface area contributed by atoms with E-state index in [1.54, 1.807) is 12.1 Å². The fourth-order valence-electron chi connectivity index (χ4n) is 2.61. The monoisotopic (exact) mass is 340 g/mol. The van der Waals surface area contributed by atoms with Gasteiger partial charge in [-0.15, -0.1) is 0 Å². The van der Waals surface area contributed by atoms with Crippen molar-refractivity contribution in [3.8, 4) is 11.7 Å². The fraction of sp³-hybridized carbons (Fsp3) is 0.278. The summed E-state index contributed by atoms with van der Waals surface area (Å²) in [5.41, 5.74) is 2.05. The number of aryl methyl sites for hydroxylation is 1. The van der Waals surface area contributed by atoms with Gasteiger partial charge in [-0.05, 0) is 38.7 Å². The number of aromatic nitrogens is 2. The molecule has 0 aliphatic carbocycles. The van der Waals surface area contributed by atoms with E-state index in [1.165, 1.54) is 6.26 Å². The van der Waals surface area contributed by atoms with Crippen molar-refractivity contribution in [1.29, 1.82) is 0 Å². The lowest BCUT2D eigenvalue weighted by atomic mass is 10.0. The maximum Gasteiger partial charge on any atom is 0.293 e. The van der Waals surface area contributed by atoms with Gasteiger partial charge in [0.1, 0.15) is 6.04 Å². The Kier molecular flexibility index (Phi) is 4.95. The summed E-state index contributed by atoms with van der Waals surface area (Å²) in [6.07, 6.45) is 1.53. The molecule has 1 atom stereocenters. The van der Waals surface area contributed by atoms with E-state index in [0.717, 1.165) is 11.1 Å². The topological polar surface area (TPSA) is 84.4 Å². The van der Waals surface area contributed by atoms with Gasteiger partial charge in [0.15, 0.2) is 11.6 Å². The molecule has 1 N–H and O–H groups in total. The lowest BCUT2D eigenvalue weighted by Gasteiger charge is -2.23. The summed E-state index contributed by atoms with van der Waals surface area (Å²) in [7, 11) is 3.74. The average Bonchev–Trinajstić information content (AvgIpc) is 3.24. The van der Waals surface area contributed by atoms with Crippen LogP contribution in [0.15, 0.2) is 51.6 Å². The normalized spacial score (nSPS) is 12.3. The molecule has 3 aromatic rings. The number of carbonyl (C=O) groups excluding carboxylic acids is 1. The Balaban J connectivity index is 1.68.